The Hall–Kier alpha value is -0.780. The first-order chi connectivity index (χ1) is 6.71. The lowest BCUT2D eigenvalue weighted by atomic mass is 11.2. The fourth-order valence-corrected chi connectivity index (χ4v) is 1.78. The molecule has 4 nitrogen and oxygen atoms in total. The predicted octanol–water partition coefficient (Wildman–Crippen LogP) is 1.33. The number of hydrogen-bond acceptors (Lipinski definition) is 4. The summed E-state index contributed by atoms with van der Waals surface area (Å²) in [5.41, 5.74) is -11.7. The molecular weight excluding hydrogens is 290 g/mol. The van der Waals surface area contributed by atoms with Crippen LogP contribution in [0.2, 0.25) is 0 Å². The van der Waals surface area contributed by atoms with Crippen LogP contribution in [-0.2, 0) is 19.7 Å². The molecule has 0 spiro atoms. The van der Waals surface area contributed by atoms with E-state index < -0.39 is 41.5 Å². The Morgan fingerprint density at radius 2 is 0.812 bits per heavy atom. The van der Waals surface area contributed by atoms with Crippen LogP contribution in [-0.4, -0.2) is 27.9 Å². The average Bonchev–Trinajstić information content (AvgIpc) is 1.97. The van der Waals surface area contributed by atoms with Crippen molar-refractivity contribution < 1.29 is 43.2 Å². The van der Waals surface area contributed by atoms with Gasteiger partial charge >= 0.3 is 11.0 Å². The molecule has 0 rings (SSSR count). The van der Waals surface area contributed by atoms with E-state index in [0.29, 0.717) is 0 Å². The minimum absolute atomic E-state index is 1.06. The number of alkyl halides is 6. The molecule has 0 saturated heterocycles. The van der Waals surface area contributed by atoms with Crippen LogP contribution in [0.4, 0.5) is 26.3 Å². The van der Waals surface area contributed by atoms with Gasteiger partial charge in [-0.1, -0.05) is 0 Å². The Labute approximate surface area is 85.4 Å². The van der Waals surface area contributed by atoms with Crippen molar-refractivity contribution in [2.24, 2.45) is 0 Å². The van der Waals surface area contributed by atoms with E-state index in [0.717, 1.165) is 0 Å². The zero-order valence-corrected chi connectivity index (χ0v) is 8.50. The zero-order chi connectivity index (χ0) is 13.4. The van der Waals surface area contributed by atoms with Crippen LogP contribution in [0.15, 0.2) is 10.8 Å². The summed E-state index contributed by atoms with van der Waals surface area (Å²) in [5.74, 6) is 0. The lowest BCUT2D eigenvalue weighted by molar-refractivity contribution is -0.0434. The Morgan fingerprint density at radius 1 is 0.625 bits per heavy atom. The number of halogens is 6. The van der Waals surface area contributed by atoms with E-state index in [1.165, 1.54) is 0 Å². The second kappa shape index (κ2) is 3.91. The Bertz CT molecular complexity index is 432. The quantitative estimate of drug-likeness (QED) is 0.720. The highest BCUT2D eigenvalue weighted by atomic mass is 32.2. The van der Waals surface area contributed by atoms with Crippen LogP contribution in [0.3, 0.4) is 0 Å². The van der Waals surface area contributed by atoms with Gasteiger partial charge in [0.15, 0.2) is 0 Å². The molecule has 0 amide bonds. The molecule has 0 aromatic carbocycles. The Kier molecular flexibility index (Phi) is 3.72. The fraction of sp³-hybridized carbons (Fsp3) is 0.500. The van der Waals surface area contributed by atoms with E-state index in [2.05, 4.69) is 0 Å². The van der Waals surface area contributed by atoms with Gasteiger partial charge in [-0.25, -0.2) is 16.8 Å². The molecule has 16 heavy (non-hydrogen) atoms. The van der Waals surface area contributed by atoms with Crippen molar-refractivity contribution in [3.63, 3.8) is 0 Å². The molecule has 0 aromatic heterocycles. The monoisotopic (exact) mass is 292 g/mol. The van der Waals surface area contributed by atoms with Gasteiger partial charge in [0.2, 0.25) is 0 Å². The van der Waals surface area contributed by atoms with Gasteiger partial charge in [-0.3, -0.25) is 0 Å². The Morgan fingerprint density at radius 3 is 0.938 bits per heavy atom. The van der Waals surface area contributed by atoms with Gasteiger partial charge in [0, 0.05) is 0 Å². The lowest BCUT2D eigenvalue weighted by Crippen LogP contribution is -2.23. The van der Waals surface area contributed by atoms with E-state index in [1.807, 2.05) is 0 Å². The molecular formula is C4H2F6O4S2. The first-order valence-corrected chi connectivity index (χ1v) is 6.11. The molecule has 0 radical (unpaired) electrons. The van der Waals surface area contributed by atoms with Crippen molar-refractivity contribution in [3.05, 3.63) is 10.8 Å². The molecule has 0 atom stereocenters. The van der Waals surface area contributed by atoms with Gasteiger partial charge < -0.3 is 0 Å². The molecule has 0 aliphatic carbocycles. The fourth-order valence-electron chi connectivity index (χ4n) is 0.301. The van der Waals surface area contributed by atoms with Crippen molar-refractivity contribution in [1.29, 1.82) is 0 Å². The van der Waals surface area contributed by atoms with Gasteiger partial charge in [0.1, 0.15) is 0 Å². The molecule has 0 saturated carbocycles. The van der Waals surface area contributed by atoms with Crippen LogP contribution in [0, 0.1) is 0 Å². The summed E-state index contributed by atoms with van der Waals surface area (Å²) in [6.07, 6.45) is 0. The van der Waals surface area contributed by atoms with E-state index in [9.17, 15) is 43.2 Å². The van der Waals surface area contributed by atoms with E-state index in [-0.39, 0.29) is 0 Å². The standard InChI is InChI=1S/C4H2F6O4S2/c5-3(6,7)15(11,12)1-2-16(13,14)4(8,9)10/h1-2H/b2-1+. The normalized spacial score (nSPS) is 15.6. The summed E-state index contributed by atoms with van der Waals surface area (Å²) in [7, 11) is -12.1. The first kappa shape index (κ1) is 15.2. The van der Waals surface area contributed by atoms with Crippen LogP contribution >= 0.6 is 0 Å². The molecule has 0 fully saturated rings. The van der Waals surface area contributed by atoms with E-state index in [1.54, 1.807) is 0 Å². The SMILES string of the molecule is O=S(=O)(/C=C/S(=O)(=O)C(F)(F)F)C(F)(F)F. The van der Waals surface area contributed by atoms with E-state index >= 15 is 0 Å². The van der Waals surface area contributed by atoms with Gasteiger partial charge in [-0.2, -0.15) is 26.3 Å². The minimum atomic E-state index is -6.05. The molecule has 0 aliphatic rings. The van der Waals surface area contributed by atoms with Gasteiger partial charge in [-0.15, -0.1) is 0 Å². The third-order valence-electron chi connectivity index (χ3n) is 1.06. The smallest absolute Gasteiger partial charge is 0.215 e. The topological polar surface area (TPSA) is 68.3 Å². The maximum absolute atomic E-state index is 11.6. The molecule has 0 heterocycles. The number of sulfone groups is 2. The number of rotatable bonds is 2. The van der Waals surface area contributed by atoms with Crippen LogP contribution in [0.25, 0.3) is 0 Å². The largest absolute Gasteiger partial charge is 0.501 e. The summed E-state index contributed by atoms with van der Waals surface area (Å²) in [5, 5.41) is -2.12. The number of hydrogen-bond donors (Lipinski definition) is 0. The lowest BCUT2D eigenvalue weighted by Gasteiger charge is -2.04. The highest BCUT2D eigenvalue weighted by molar-refractivity contribution is 7.98. The van der Waals surface area contributed by atoms with Gasteiger partial charge in [0.25, 0.3) is 19.7 Å². The van der Waals surface area contributed by atoms with Crippen LogP contribution < -0.4 is 0 Å². The summed E-state index contributed by atoms with van der Waals surface area (Å²) >= 11 is 0. The van der Waals surface area contributed by atoms with Crippen molar-refractivity contribution in [2.45, 2.75) is 11.0 Å². The maximum Gasteiger partial charge on any atom is 0.501 e. The molecule has 0 aromatic rings. The predicted molar refractivity (Wildman–Crippen MR) is 39.1 cm³/mol. The highest BCUT2D eigenvalue weighted by Gasteiger charge is 2.47. The zero-order valence-electron chi connectivity index (χ0n) is 6.87. The summed E-state index contributed by atoms with van der Waals surface area (Å²) < 4.78 is 110. The van der Waals surface area contributed by atoms with Crippen molar-refractivity contribution in [3.8, 4) is 0 Å². The van der Waals surface area contributed by atoms with Gasteiger partial charge in [-0.05, 0) is 0 Å². The molecule has 12 heteroatoms. The third kappa shape index (κ3) is 3.37. The molecule has 0 aliphatic heterocycles. The van der Waals surface area contributed by atoms with Crippen LogP contribution in [0.5, 0.6) is 0 Å². The first-order valence-electron chi connectivity index (χ1n) is 3.01. The second-order valence-corrected chi connectivity index (χ2v) is 5.90. The molecule has 0 unspecified atom stereocenters. The Balaban J connectivity index is 5.36. The summed E-state index contributed by atoms with van der Waals surface area (Å²) in [6.45, 7) is 0. The van der Waals surface area contributed by atoms with Crippen molar-refractivity contribution in [2.75, 3.05) is 0 Å². The molecule has 96 valence electrons. The average molecular weight is 292 g/mol. The summed E-state index contributed by atoms with van der Waals surface area (Å²) in [6, 6.07) is 0. The van der Waals surface area contributed by atoms with Crippen molar-refractivity contribution in [1.82, 2.24) is 0 Å². The van der Waals surface area contributed by atoms with Crippen molar-refractivity contribution >= 4 is 19.7 Å². The molecule has 0 bridgehead atoms. The molecule has 0 N–H and O–H groups in total. The van der Waals surface area contributed by atoms with Gasteiger partial charge in [0.05, 0.1) is 10.8 Å². The third-order valence-corrected chi connectivity index (χ3v) is 3.51. The van der Waals surface area contributed by atoms with E-state index in [4.69, 9.17) is 0 Å². The minimum Gasteiger partial charge on any atom is -0.215 e. The summed E-state index contributed by atoms with van der Waals surface area (Å²) in [4.78, 5) is 0. The highest BCUT2D eigenvalue weighted by Crippen LogP contribution is 2.28. The maximum atomic E-state index is 11.6. The van der Waals surface area contributed by atoms with Crippen LogP contribution in [0.1, 0.15) is 0 Å². The second-order valence-electron chi connectivity index (χ2n) is 2.25.